The van der Waals surface area contributed by atoms with E-state index in [4.69, 9.17) is 5.84 Å². The molecule has 10 heavy (non-hydrogen) atoms. The highest BCUT2D eigenvalue weighted by Gasteiger charge is 2.17. The van der Waals surface area contributed by atoms with Gasteiger partial charge in [-0.1, -0.05) is 6.42 Å². The SMILES string of the molecule is CN1CCCCC1CNN. The highest BCUT2D eigenvalue weighted by molar-refractivity contribution is 4.74. The zero-order valence-corrected chi connectivity index (χ0v) is 6.64. The van der Waals surface area contributed by atoms with E-state index in [1.165, 1.54) is 25.8 Å². The summed E-state index contributed by atoms with van der Waals surface area (Å²) in [6, 6.07) is 0.666. The Morgan fingerprint density at radius 1 is 1.60 bits per heavy atom. The van der Waals surface area contributed by atoms with Gasteiger partial charge in [-0.05, 0) is 26.4 Å². The first-order valence-corrected chi connectivity index (χ1v) is 3.98. The van der Waals surface area contributed by atoms with Gasteiger partial charge in [-0.25, -0.2) is 0 Å². The average molecular weight is 143 g/mol. The van der Waals surface area contributed by atoms with Crippen molar-refractivity contribution in [2.45, 2.75) is 25.3 Å². The van der Waals surface area contributed by atoms with Crippen LogP contribution in [-0.2, 0) is 0 Å². The zero-order valence-electron chi connectivity index (χ0n) is 6.64. The Hall–Kier alpha value is -0.120. The van der Waals surface area contributed by atoms with Crippen LogP contribution >= 0.6 is 0 Å². The molecule has 0 saturated carbocycles. The van der Waals surface area contributed by atoms with E-state index in [1.807, 2.05) is 0 Å². The zero-order chi connectivity index (χ0) is 7.40. The van der Waals surface area contributed by atoms with Crippen molar-refractivity contribution in [3.8, 4) is 0 Å². The van der Waals surface area contributed by atoms with Crippen molar-refractivity contribution in [2.75, 3.05) is 20.1 Å². The normalized spacial score (nSPS) is 28.8. The van der Waals surface area contributed by atoms with Gasteiger partial charge in [-0.15, -0.1) is 0 Å². The molecule has 0 aliphatic carbocycles. The van der Waals surface area contributed by atoms with Crippen LogP contribution in [0.4, 0.5) is 0 Å². The van der Waals surface area contributed by atoms with Crippen LogP contribution < -0.4 is 11.3 Å². The van der Waals surface area contributed by atoms with E-state index in [9.17, 15) is 0 Å². The third-order valence-corrected chi connectivity index (χ3v) is 2.27. The second-order valence-electron chi connectivity index (χ2n) is 3.04. The molecule has 0 bridgehead atoms. The Morgan fingerprint density at radius 3 is 3.00 bits per heavy atom. The van der Waals surface area contributed by atoms with Gasteiger partial charge < -0.3 is 4.90 Å². The van der Waals surface area contributed by atoms with E-state index in [2.05, 4.69) is 17.4 Å². The Morgan fingerprint density at radius 2 is 2.40 bits per heavy atom. The lowest BCUT2D eigenvalue weighted by atomic mass is 10.0. The maximum atomic E-state index is 5.24. The molecule has 1 unspecified atom stereocenters. The summed E-state index contributed by atoms with van der Waals surface area (Å²) in [5, 5.41) is 0. The lowest BCUT2D eigenvalue weighted by molar-refractivity contribution is 0.182. The monoisotopic (exact) mass is 143 g/mol. The molecule has 0 aromatic heterocycles. The molecule has 3 heteroatoms. The number of hydrogen-bond donors (Lipinski definition) is 2. The van der Waals surface area contributed by atoms with Crippen LogP contribution in [0.3, 0.4) is 0 Å². The molecule has 3 nitrogen and oxygen atoms in total. The number of hydrazine groups is 1. The second-order valence-corrected chi connectivity index (χ2v) is 3.04. The maximum absolute atomic E-state index is 5.24. The van der Waals surface area contributed by atoms with Crippen LogP contribution in [0.2, 0.25) is 0 Å². The molecule has 60 valence electrons. The largest absolute Gasteiger partial charge is 0.302 e. The molecule has 0 radical (unpaired) electrons. The van der Waals surface area contributed by atoms with Gasteiger partial charge in [-0.3, -0.25) is 11.3 Å². The summed E-state index contributed by atoms with van der Waals surface area (Å²) in [6.07, 6.45) is 3.99. The Labute approximate surface area is 62.5 Å². The van der Waals surface area contributed by atoms with Crippen LogP contribution in [0.15, 0.2) is 0 Å². The average Bonchev–Trinajstić information content (AvgIpc) is 1.94. The topological polar surface area (TPSA) is 41.3 Å². The number of nitrogens with one attached hydrogen (secondary N) is 1. The minimum absolute atomic E-state index is 0.666. The minimum Gasteiger partial charge on any atom is -0.302 e. The van der Waals surface area contributed by atoms with Crippen molar-refractivity contribution in [1.29, 1.82) is 0 Å². The van der Waals surface area contributed by atoms with Gasteiger partial charge in [0.05, 0.1) is 0 Å². The molecular formula is C7H17N3. The van der Waals surface area contributed by atoms with Crippen LogP contribution in [0, 0.1) is 0 Å². The molecule has 1 aliphatic rings. The van der Waals surface area contributed by atoms with Crippen molar-refractivity contribution in [1.82, 2.24) is 10.3 Å². The highest BCUT2D eigenvalue weighted by Crippen LogP contribution is 2.13. The van der Waals surface area contributed by atoms with Gasteiger partial charge in [0.1, 0.15) is 0 Å². The number of likely N-dealkylation sites (tertiary alicyclic amines) is 1. The van der Waals surface area contributed by atoms with E-state index >= 15 is 0 Å². The Balaban J connectivity index is 2.25. The van der Waals surface area contributed by atoms with E-state index in [-0.39, 0.29) is 0 Å². The van der Waals surface area contributed by atoms with E-state index in [0.29, 0.717) is 6.04 Å². The summed E-state index contributed by atoms with van der Waals surface area (Å²) in [7, 11) is 2.17. The first-order valence-electron chi connectivity index (χ1n) is 3.98. The molecule has 0 aromatic rings. The lowest BCUT2D eigenvalue weighted by Crippen LogP contribution is -2.44. The molecule has 0 spiro atoms. The van der Waals surface area contributed by atoms with Crippen LogP contribution in [0.25, 0.3) is 0 Å². The van der Waals surface area contributed by atoms with E-state index < -0.39 is 0 Å². The summed E-state index contributed by atoms with van der Waals surface area (Å²) in [5.41, 5.74) is 2.73. The predicted octanol–water partition coefficient (Wildman–Crippen LogP) is -0.0660. The Kier molecular flexibility index (Phi) is 3.12. The maximum Gasteiger partial charge on any atom is 0.0254 e. The van der Waals surface area contributed by atoms with Gasteiger partial charge in [0.25, 0.3) is 0 Å². The number of likely N-dealkylation sites (N-methyl/N-ethyl adjacent to an activating group) is 1. The van der Waals surface area contributed by atoms with Gasteiger partial charge in [0.2, 0.25) is 0 Å². The number of nitrogens with two attached hydrogens (primary N) is 1. The van der Waals surface area contributed by atoms with Crippen LogP contribution in [-0.4, -0.2) is 31.1 Å². The molecule has 1 saturated heterocycles. The van der Waals surface area contributed by atoms with E-state index in [1.54, 1.807) is 0 Å². The van der Waals surface area contributed by atoms with Crippen molar-refractivity contribution in [3.63, 3.8) is 0 Å². The van der Waals surface area contributed by atoms with Gasteiger partial charge >= 0.3 is 0 Å². The van der Waals surface area contributed by atoms with Crippen LogP contribution in [0.5, 0.6) is 0 Å². The van der Waals surface area contributed by atoms with Gasteiger partial charge in [0, 0.05) is 12.6 Å². The summed E-state index contributed by atoms with van der Waals surface area (Å²) in [6.45, 7) is 2.16. The molecule has 1 atom stereocenters. The fourth-order valence-corrected chi connectivity index (χ4v) is 1.54. The summed E-state index contributed by atoms with van der Waals surface area (Å²) in [5.74, 6) is 5.24. The smallest absolute Gasteiger partial charge is 0.0254 e. The molecule has 1 aliphatic heterocycles. The van der Waals surface area contributed by atoms with E-state index in [0.717, 1.165) is 6.54 Å². The lowest BCUT2D eigenvalue weighted by Gasteiger charge is -2.31. The molecule has 1 fully saturated rings. The van der Waals surface area contributed by atoms with Crippen molar-refractivity contribution < 1.29 is 0 Å². The first-order chi connectivity index (χ1) is 4.84. The number of piperidine rings is 1. The minimum atomic E-state index is 0.666. The van der Waals surface area contributed by atoms with Crippen LogP contribution in [0.1, 0.15) is 19.3 Å². The van der Waals surface area contributed by atoms with Crippen molar-refractivity contribution in [3.05, 3.63) is 0 Å². The number of nitrogens with zero attached hydrogens (tertiary/aromatic N) is 1. The fraction of sp³-hybridized carbons (Fsp3) is 1.00. The molecule has 3 N–H and O–H groups in total. The molecule has 1 heterocycles. The first kappa shape index (κ1) is 7.98. The Bertz CT molecular complexity index is 92.9. The summed E-state index contributed by atoms with van der Waals surface area (Å²) in [4.78, 5) is 2.38. The summed E-state index contributed by atoms with van der Waals surface area (Å²) >= 11 is 0. The second kappa shape index (κ2) is 3.91. The number of rotatable bonds is 2. The van der Waals surface area contributed by atoms with Gasteiger partial charge in [0.15, 0.2) is 0 Å². The molecule has 1 rings (SSSR count). The standard InChI is InChI=1S/C7H17N3/c1-10-5-3-2-4-7(10)6-9-8/h7,9H,2-6,8H2,1H3. The molecule has 0 amide bonds. The molecular weight excluding hydrogens is 126 g/mol. The fourth-order valence-electron chi connectivity index (χ4n) is 1.54. The number of hydrogen-bond acceptors (Lipinski definition) is 3. The molecule has 0 aromatic carbocycles. The third-order valence-electron chi connectivity index (χ3n) is 2.27. The highest BCUT2D eigenvalue weighted by atomic mass is 15.2. The quantitative estimate of drug-likeness (QED) is 0.420. The van der Waals surface area contributed by atoms with Crippen molar-refractivity contribution in [2.24, 2.45) is 5.84 Å². The van der Waals surface area contributed by atoms with Gasteiger partial charge in [-0.2, -0.15) is 0 Å². The third kappa shape index (κ3) is 1.94. The predicted molar refractivity (Wildman–Crippen MR) is 42.5 cm³/mol. The summed E-state index contributed by atoms with van der Waals surface area (Å²) < 4.78 is 0. The van der Waals surface area contributed by atoms with Crippen molar-refractivity contribution >= 4 is 0 Å².